The van der Waals surface area contributed by atoms with Crippen LogP contribution in [0.2, 0.25) is 0 Å². The normalized spacial score (nSPS) is 11.7. The average Bonchev–Trinajstić information content (AvgIpc) is 2.88. The van der Waals surface area contributed by atoms with Gasteiger partial charge >= 0.3 is 6.09 Å². The van der Waals surface area contributed by atoms with Gasteiger partial charge in [0.1, 0.15) is 6.61 Å². The average molecular weight is 281 g/mol. The summed E-state index contributed by atoms with van der Waals surface area (Å²) in [6.07, 6.45) is -0.387. The van der Waals surface area contributed by atoms with Gasteiger partial charge in [-0.15, -0.1) is 13.2 Å². The number of hydrogen-bond acceptors (Lipinski definition) is 2. The van der Waals surface area contributed by atoms with Gasteiger partial charge in [0.15, 0.2) is 0 Å². The zero-order chi connectivity index (χ0) is 15.2. The number of hydrogen-bond donors (Lipinski definition) is 1. The fraction of sp³-hybridized carbons (Fsp3) is 0.167. The summed E-state index contributed by atoms with van der Waals surface area (Å²) in [5, 5.41) is 2.48. The molecular formula is C18H19NO2. The third-order valence-electron chi connectivity index (χ3n) is 3.55. The predicted molar refractivity (Wildman–Crippen MR) is 85.4 cm³/mol. The Bertz CT molecular complexity index is 591. The van der Waals surface area contributed by atoms with E-state index in [9.17, 15) is 4.79 Å². The highest BCUT2D eigenvalue weighted by Crippen LogP contribution is 2.44. The molecule has 0 saturated carbocycles. The molecule has 3 nitrogen and oxygen atoms in total. The standard InChI is InChI=1S/C16H15NO2.C2H4/c1-17-16(18)19-10-15-13-8-4-2-6-11(13)12-7-3-5-9-14(12)15;1-2/h2-9,15H,10H2,1H3,(H,17,18);1-2H2. The van der Waals surface area contributed by atoms with Crippen molar-refractivity contribution in [3.63, 3.8) is 0 Å². The van der Waals surface area contributed by atoms with E-state index in [0.29, 0.717) is 6.61 Å². The number of carbonyl (C=O) groups excluding carboxylic acids is 1. The molecule has 0 radical (unpaired) electrons. The molecule has 0 fully saturated rings. The second kappa shape index (κ2) is 6.75. The van der Waals surface area contributed by atoms with Gasteiger partial charge in [0, 0.05) is 13.0 Å². The maximum Gasteiger partial charge on any atom is 0.406 e. The molecule has 2 aromatic rings. The summed E-state index contributed by atoms with van der Waals surface area (Å²) < 4.78 is 5.24. The quantitative estimate of drug-likeness (QED) is 0.846. The Balaban J connectivity index is 0.000000774. The third-order valence-corrected chi connectivity index (χ3v) is 3.55. The maximum atomic E-state index is 11.3. The van der Waals surface area contributed by atoms with E-state index in [1.807, 2.05) is 24.3 Å². The molecule has 0 atom stereocenters. The molecule has 1 N–H and O–H groups in total. The van der Waals surface area contributed by atoms with Crippen molar-refractivity contribution >= 4 is 6.09 Å². The van der Waals surface area contributed by atoms with Crippen LogP contribution in [0.25, 0.3) is 11.1 Å². The molecule has 3 heteroatoms. The third kappa shape index (κ3) is 2.82. The molecule has 0 aromatic heterocycles. The molecule has 1 aliphatic rings. The second-order valence-corrected chi connectivity index (χ2v) is 4.58. The van der Waals surface area contributed by atoms with Crippen LogP contribution in [-0.2, 0) is 4.74 Å². The van der Waals surface area contributed by atoms with Crippen molar-refractivity contribution < 1.29 is 9.53 Å². The number of rotatable bonds is 2. The van der Waals surface area contributed by atoms with Crippen molar-refractivity contribution in [2.45, 2.75) is 5.92 Å². The molecule has 0 spiro atoms. The van der Waals surface area contributed by atoms with Crippen molar-refractivity contribution in [2.24, 2.45) is 0 Å². The van der Waals surface area contributed by atoms with Gasteiger partial charge in [-0.1, -0.05) is 48.5 Å². The molecule has 2 aromatic carbocycles. The zero-order valence-corrected chi connectivity index (χ0v) is 12.1. The van der Waals surface area contributed by atoms with Gasteiger partial charge in [0.25, 0.3) is 0 Å². The van der Waals surface area contributed by atoms with Gasteiger partial charge in [-0.05, 0) is 22.3 Å². The van der Waals surface area contributed by atoms with E-state index in [4.69, 9.17) is 4.74 Å². The first-order valence-corrected chi connectivity index (χ1v) is 6.84. The summed E-state index contributed by atoms with van der Waals surface area (Å²) >= 11 is 0. The lowest BCUT2D eigenvalue weighted by Crippen LogP contribution is -2.21. The lowest BCUT2D eigenvalue weighted by atomic mass is 9.98. The lowest BCUT2D eigenvalue weighted by molar-refractivity contribution is 0.145. The van der Waals surface area contributed by atoms with Crippen molar-refractivity contribution in [3.05, 3.63) is 72.8 Å². The highest BCUT2D eigenvalue weighted by atomic mass is 16.5. The number of ether oxygens (including phenoxy) is 1. The van der Waals surface area contributed by atoms with Crippen LogP contribution in [0.1, 0.15) is 17.0 Å². The number of fused-ring (bicyclic) bond motifs is 3. The topological polar surface area (TPSA) is 38.3 Å². The van der Waals surface area contributed by atoms with Gasteiger partial charge in [0.05, 0.1) is 0 Å². The van der Waals surface area contributed by atoms with Crippen molar-refractivity contribution in [1.82, 2.24) is 5.32 Å². The summed E-state index contributed by atoms with van der Waals surface area (Å²) in [6.45, 7) is 6.37. The van der Waals surface area contributed by atoms with Gasteiger partial charge in [-0.25, -0.2) is 4.79 Å². The molecule has 1 aliphatic carbocycles. The van der Waals surface area contributed by atoms with Crippen molar-refractivity contribution in [3.8, 4) is 11.1 Å². The van der Waals surface area contributed by atoms with Gasteiger partial charge < -0.3 is 10.1 Å². The lowest BCUT2D eigenvalue weighted by Gasteiger charge is -2.13. The van der Waals surface area contributed by atoms with E-state index < -0.39 is 0 Å². The minimum Gasteiger partial charge on any atom is -0.449 e. The largest absolute Gasteiger partial charge is 0.449 e. The number of alkyl carbamates (subject to hydrolysis) is 1. The Morgan fingerprint density at radius 1 is 1.05 bits per heavy atom. The fourth-order valence-electron chi connectivity index (χ4n) is 2.67. The number of carbonyl (C=O) groups is 1. The van der Waals surface area contributed by atoms with Crippen LogP contribution in [0.15, 0.2) is 61.7 Å². The Morgan fingerprint density at radius 2 is 1.52 bits per heavy atom. The van der Waals surface area contributed by atoms with Crippen LogP contribution in [0, 0.1) is 0 Å². The molecule has 0 unspecified atom stereocenters. The Kier molecular flexibility index (Phi) is 4.77. The van der Waals surface area contributed by atoms with Crippen LogP contribution in [0.4, 0.5) is 4.79 Å². The monoisotopic (exact) mass is 281 g/mol. The SMILES string of the molecule is C=C.CNC(=O)OCC1c2ccccc2-c2ccccc21. The highest BCUT2D eigenvalue weighted by Gasteiger charge is 2.28. The minimum absolute atomic E-state index is 0.129. The molecule has 108 valence electrons. The molecular weight excluding hydrogens is 262 g/mol. The van der Waals surface area contributed by atoms with E-state index in [1.54, 1.807) is 7.05 Å². The van der Waals surface area contributed by atoms with E-state index >= 15 is 0 Å². The first kappa shape index (κ1) is 14.9. The van der Waals surface area contributed by atoms with E-state index in [1.165, 1.54) is 22.3 Å². The zero-order valence-electron chi connectivity index (χ0n) is 12.1. The van der Waals surface area contributed by atoms with Gasteiger partial charge in [-0.2, -0.15) is 0 Å². The Hall–Kier alpha value is -2.55. The molecule has 0 heterocycles. The first-order chi connectivity index (χ1) is 10.3. The van der Waals surface area contributed by atoms with Crippen LogP contribution >= 0.6 is 0 Å². The van der Waals surface area contributed by atoms with E-state index in [0.717, 1.165) is 0 Å². The smallest absolute Gasteiger partial charge is 0.406 e. The Labute approximate surface area is 125 Å². The van der Waals surface area contributed by atoms with Crippen LogP contribution in [-0.4, -0.2) is 19.7 Å². The maximum absolute atomic E-state index is 11.3. The summed E-state index contributed by atoms with van der Waals surface area (Å²) in [4.78, 5) is 11.3. The van der Waals surface area contributed by atoms with Gasteiger partial charge in [0.2, 0.25) is 0 Å². The number of benzene rings is 2. The molecule has 0 bridgehead atoms. The van der Waals surface area contributed by atoms with Crippen LogP contribution < -0.4 is 5.32 Å². The second-order valence-electron chi connectivity index (χ2n) is 4.58. The van der Waals surface area contributed by atoms with Crippen molar-refractivity contribution in [1.29, 1.82) is 0 Å². The van der Waals surface area contributed by atoms with Crippen LogP contribution in [0.3, 0.4) is 0 Å². The molecule has 3 rings (SSSR count). The summed E-state index contributed by atoms with van der Waals surface area (Å²) in [6, 6.07) is 16.6. The van der Waals surface area contributed by atoms with E-state index in [2.05, 4.69) is 42.7 Å². The van der Waals surface area contributed by atoms with Crippen molar-refractivity contribution in [2.75, 3.05) is 13.7 Å². The minimum atomic E-state index is -0.387. The number of nitrogens with one attached hydrogen (secondary N) is 1. The molecule has 21 heavy (non-hydrogen) atoms. The molecule has 0 saturated heterocycles. The molecule has 1 amide bonds. The summed E-state index contributed by atoms with van der Waals surface area (Å²) in [7, 11) is 1.57. The Morgan fingerprint density at radius 3 is 2.00 bits per heavy atom. The number of amides is 1. The first-order valence-electron chi connectivity index (χ1n) is 6.84. The van der Waals surface area contributed by atoms with Crippen LogP contribution in [0.5, 0.6) is 0 Å². The summed E-state index contributed by atoms with van der Waals surface area (Å²) in [5.74, 6) is 0.129. The fourth-order valence-corrected chi connectivity index (χ4v) is 2.67. The summed E-state index contributed by atoms with van der Waals surface area (Å²) in [5.41, 5.74) is 4.94. The van der Waals surface area contributed by atoms with E-state index in [-0.39, 0.29) is 12.0 Å². The predicted octanol–water partition coefficient (Wildman–Crippen LogP) is 3.96. The van der Waals surface area contributed by atoms with Gasteiger partial charge in [-0.3, -0.25) is 0 Å². The highest BCUT2D eigenvalue weighted by molar-refractivity contribution is 5.79. The molecule has 0 aliphatic heterocycles.